The van der Waals surface area contributed by atoms with Gasteiger partial charge in [0.25, 0.3) is 5.91 Å². The van der Waals surface area contributed by atoms with Crippen molar-refractivity contribution in [3.8, 4) is 5.75 Å². The third-order valence-electron chi connectivity index (χ3n) is 7.36. The van der Waals surface area contributed by atoms with Gasteiger partial charge in [0.1, 0.15) is 5.75 Å². The van der Waals surface area contributed by atoms with Crippen molar-refractivity contribution < 1.29 is 14.3 Å². The number of nitrogen functional groups attached to an aromatic ring is 1. The molecule has 1 saturated heterocycles. The zero-order chi connectivity index (χ0) is 25.4. The van der Waals surface area contributed by atoms with E-state index in [0.29, 0.717) is 61.2 Å². The first-order valence-electron chi connectivity index (χ1n) is 12.4. The largest absolute Gasteiger partial charge is 0.492 e. The molecule has 0 radical (unpaired) electrons. The number of rotatable bonds is 7. The first-order valence-corrected chi connectivity index (χ1v) is 12.8. The summed E-state index contributed by atoms with van der Waals surface area (Å²) in [6.45, 7) is 5.85. The van der Waals surface area contributed by atoms with E-state index in [-0.39, 0.29) is 23.7 Å². The Bertz CT molecular complexity index is 1350. The molecular weight excluding hydrogens is 482 g/mol. The summed E-state index contributed by atoms with van der Waals surface area (Å²) in [6, 6.07) is 9.32. The van der Waals surface area contributed by atoms with Gasteiger partial charge in [-0.25, -0.2) is 4.79 Å². The fourth-order valence-electron chi connectivity index (χ4n) is 5.41. The predicted molar refractivity (Wildman–Crippen MR) is 140 cm³/mol. The minimum Gasteiger partial charge on any atom is -0.492 e. The Morgan fingerprint density at radius 3 is 2.72 bits per heavy atom. The second-order valence-electron chi connectivity index (χ2n) is 9.34. The van der Waals surface area contributed by atoms with Crippen molar-refractivity contribution in [2.45, 2.75) is 45.0 Å². The molecule has 0 saturated carbocycles. The fourth-order valence-corrected chi connectivity index (χ4v) is 5.63. The van der Waals surface area contributed by atoms with Gasteiger partial charge in [0.2, 0.25) is 0 Å². The molecular formula is C26H32ClN5O4. The summed E-state index contributed by atoms with van der Waals surface area (Å²) in [6.07, 6.45) is 1.18. The predicted octanol–water partition coefficient (Wildman–Crippen LogP) is 2.51. The molecule has 0 bridgehead atoms. The molecule has 1 fully saturated rings. The van der Waals surface area contributed by atoms with Crippen molar-refractivity contribution in [1.82, 2.24) is 19.4 Å². The van der Waals surface area contributed by atoms with Gasteiger partial charge in [0, 0.05) is 51.8 Å². The third kappa shape index (κ3) is 4.36. The summed E-state index contributed by atoms with van der Waals surface area (Å²) < 4.78 is 15.1. The highest BCUT2D eigenvalue weighted by Gasteiger charge is 2.32. The van der Waals surface area contributed by atoms with E-state index in [1.165, 1.54) is 0 Å². The first-order chi connectivity index (χ1) is 17.4. The van der Waals surface area contributed by atoms with Crippen LogP contribution >= 0.6 is 11.6 Å². The van der Waals surface area contributed by atoms with E-state index in [4.69, 9.17) is 26.8 Å². The van der Waals surface area contributed by atoms with Crippen LogP contribution in [0.1, 0.15) is 29.3 Å². The summed E-state index contributed by atoms with van der Waals surface area (Å²) in [5.41, 5.74) is 9.68. The number of imidazole rings is 1. The molecule has 10 heteroatoms. The number of nitrogens with two attached hydrogens (primary N) is 1. The number of ether oxygens (including phenoxy) is 2. The van der Waals surface area contributed by atoms with Crippen LogP contribution in [0.15, 0.2) is 35.1 Å². The van der Waals surface area contributed by atoms with E-state index in [9.17, 15) is 9.59 Å². The number of amides is 1. The molecule has 192 valence electrons. The minimum absolute atomic E-state index is 0.0149. The molecule has 3 heterocycles. The number of para-hydroxylation sites is 2. The highest BCUT2D eigenvalue weighted by atomic mass is 35.5. The van der Waals surface area contributed by atoms with Crippen molar-refractivity contribution >= 4 is 34.2 Å². The zero-order valence-corrected chi connectivity index (χ0v) is 21.4. The van der Waals surface area contributed by atoms with Crippen LogP contribution in [-0.2, 0) is 24.2 Å². The SMILES string of the molecule is CCn1c(=O)n(CCN2CC[C@H](NC(=O)c3cc(Cl)c(N)c4c3OCC4)[C@H](OC)C2)c2ccccc21. The number of carbonyl (C=O) groups excluding carboxylic acids is 1. The first kappa shape index (κ1) is 24.7. The number of halogens is 1. The molecule has 0 aliphatic carbocycles. The van der Waals surface area contributed by atoms with Crippen LogP contribution in [-0.4, -0.2) is 65.4 Å². The summed E-state index contributed by atoms with van der Waals surface area (Å²) in [5, 5.41) is 3.49. The van der Waals surface area contributed by atoms with Crippen molar-refractivity contribution in [2.75, 3.05) is 39.1 Å². The highest BCUT2D eigenvalue weighted by Crippen LogP contribution is 2.38. The topological polar surface area (TPSA) is 104 Å². The summed E-state index contributed by atoms with van der Waals surface area (Å²) in [5.74, 6) is 0.284. The summed E-state index contributed by atoms with van der Waals surface area (Å²) in [7, 11) is 1.66. The standard InChI is InChI=1S/C26H32ClN5O4/c1-3-31-20-6-4-5-7-21(20)32(26(31)34)12-11-30-10-8-19(22(15-30)35-2)29-25(33)17-14-18(27)23(28)16-9-13-36-24(16)17/h4-7,14,19,22H,3,8-13,15,28H2,1-2H3,(H,29,33)/t19-,22+/m0/s1. The lowest BCUT2D eigenvalue weighted by Crippen LogP contribution is -2.55. The zero-order valence-electron chi connectivity index (χ0n) is 20.6. The second-order valence-corrected chi connectivity index (χ2v) is 9.74. The van der Waals surface area contributed by atoms with Gasteiger partial charge < -0.3 is 20.5 Å². The van der Waals surface area contributed by atoms with Crippen molar-refractivity contribution in [2.24, 2.45) is 0 Å². The van der Waals surface area contributed by atoms with Gasteiger partial charge in [-0.05, 0) is 31.5 Å². The molecule has 0 spiro atoms. The van der Waals surface area contributed by atoms with Crippen LogP contribution in [0.3, 0.4) is 0 Å². The monoisotopic (exact) mass is 513 g/mol. The third-order valence-corrected chi connectivity index (χ3v) is 7.67. The van der Waals surface area contributed by atoms with Crippen LogP contribution in [0.4, 0.5) is 5.69 Å². The Kier molecular flexibility index (Phi) is 6.96. The van der Waals surface area contributed by atoms with E-state index >= 15 is 0 Å². The smallest absolute Gasteiger partial charge is 0.329 e. The van der Waals surface area contributed by atoms with Gasteiger partial charge >= 0.3 is 5.69 Å². The van der Waals surface area contributed by atoms with Crippen molar-refractivity contribution in [3.05, 3.63) is 57.0 Å². The maximum Gasteiger partial charge on any atom is 0.329 e. The van der Waals surface area contributed by atoms with E-state index in [1.54, 1.807) is 17.7 Å². The Labute approximate surface area is 214 Å². The molecule has 0 unspecified atom stereocenters. The fraction of sp³-hybridized carbons (Fsp3) is 0.462. The number of anilines is 1. The Morgan fingerprint density at radius 1 is 1.25 bits per heavy atom. The number of aromatic nitrogens is 2. The van der Waals surface area contributed by atoms with Crippen LogP contribution in [0.5, 0.6) is 5.75 Å². The van der Waals surface area contributed by atoms with Gasteiger partial charge in [0.15, 0.2) is 0 Å². The van der Waals surface area contributed by atoms with E-state index in [2.05, 4.69) is 10.2 Å². The van der Waals surface area contributed by atoms with Crippen LogP contribution < -0.4 is 21.5 Å². The summed E-state index contributed by atoms with van der Waals surface area (Å²) in [4.78, 5) is 28.4. The number of hydrogen-bond donors (Lipinski definition) is 2. The molecule has 2 aliphatic rings. The van der Waals surface area contributed by atoms with Crippen LogP contribution in [0.2, 0.25) is 5.02 Å². The van der Waals surface area contributed by atoms with E-state index < -0.39 is 0 Å². The summed E-state index contributed by atoms with van der Waals surface area (Å²) >= 11 is 6.29. The second kappa shape index (κ2) is 10.2. The van der Waals surface area contributed by atoms with E-state index in [1.807, 2.05) is 35.8 Å². The van der Waals surface area contributed by atoms with Gasteiger partial charge in [0.05, 0.1) is 46.1 Å². The lowest BCUT2D eigenvalue weighted by atomic mass is 10.00. The average molecular weight is 514 g/mol. The Morgan fingerprint density at radius 2 is 2.00 bits per heavy atom. The van der Waals surface area contributed by atoms with Gasteiger partial charge in [-0.15, -0.1) is 0 Å². The maximum atomic E-state index is 13.2. The molecule has 3 N–H and O–H groups in total. The molecule has 2 atom stereocenters. The minimum atomic E-state index is -0.241. The molecule has 1 amide bonds. The number of methoxy groups -OCH3 is 1. The Hall–Kier alpha value is -3.01. The van der Waals surface area contributed by atoms with E-state index in [0.717, 1.165) is 29.6 Å². The molecule has 2 aromatic carbocycles. The Balaban J connectivity index is 1.25. The van der Waals surface area contributed by atoms with Gasteiger partial charge in [-0.3, -0.25) is 18.8 Å². The molecule has 9 nitrogen and oxygen atoms in total. The van der Waals surface area contributed by atoms with Gasteiger partial charge in [-0.1, -0.05) is 23.7 Å². The van der Waals surface area contributed by atoms with Crippen LogP contribution in [0.25, 0.3) is 11.0 Å². The number of hydrogen-bond acceptors (Lipinski definition) is 6. The lowest BCUT2D eigenvalue weighted by molar-refractivity contribution is 0.00552. The number of nitrogens with one attached hydrogen (secondary N) is 1. The molecule has 36 heavy (non-hydrogen) atoms. The van der Waals surface area contributed by atoms with Gasteiger partial charge in [-0.2, -0.15) is 0 Å². The molecule has 1 aromatic heterocycles. The number of fused-ring (bicyclic) bond motifs is 2. The number of aryl methyl sites for hydroxylation is 1. The number of likely N-dealkylation sites (tertiary alicyclic amines) is 1. The maximum absolute atomic E-state index is 13.2. The number of benzene rings is 2. The van der Waals surface area contributed by atoms with Crippen LogP contribution in [0, 0.1) is 0 Å². The normalized spacial score (nSPS) is 19.9. The lowest BCUT2D eigenvalue weighted by Gasteiger charge is -2.38. The highest BCUT2D eigenvalue weighted by molar-refractivity contribution is 6.33. The molecule has 5 rings (SSSR count). The van der Waals surface area contributed by atoms with Crippen molar-refractivity contribution in [1.29, 1.82) is 0 Å². The quantitative estimate of drug-likeness (QED) is 0.470. The number of piperidine rings is 1. The van der Waals surface area contributed by atoms with Crippen molar-refractivity contribution in [3.63, 3.8) is 0 Å². The molecule has 2 aliphatic heterocycles. The number of nitrogens with zero attached hydrogens (tertiary/aromatic N) is 3. The number of carbonyl (C=O) groups is 1. The molecule has 3 aromatic rings. The average Bonchev–Trinajstić information content (AvgIpc) is 3.48.